The molecule has 0 bridgehead atoms. The van der Waals surface area contributed by atoms with E-state index in [2.05, 4.69) is 28.9 Å². The number of hydrogen-bond acceptors (Lipinski definition) is 3. The van der Waals surface area contributed by atoms with E-state index in [0.29, 0.717) is 0 Å². The highest BCUT2D eigenvalue weighted by atomic mass is 32.1. The zero-order chi connectivity index (χ0) is 5.11. The van der Waals surface area contributed by atoms with Crippen LogP contribution in [0.15, 0.2) is 17.3 Å². The molecule has 0 saturated carbocycles. The molecule has 0 saturated heterocycles. The van der Waals surface area contributed by atoms with Crippen LogP contribution in [0.3, 0.4) is 0 Å². The summed E-state index contributed by atoms with van der Waals surface area (Å²) in [5, 5.41) is 0. The van der Waals surface area contributed by atoms with Gasteiger partial charge in [-0.05, 0) is 0 Å². The van der Waals surface area contributed by atoms with Gasteiger partial charge in [-0.15, -0.1) is 12.6 Å². The maximum Gasteiger partial charge on any atom is 0.197 e. The van der Waals surface area contributed by atoms with Gasteiger partial charge in [0.1, 0.15) is 0 Å². The quantitative estimate of drug-likeness (QED) is 0.495. The van der Waals surface area contributed by atoms with Crippen molar-refractivity contribution in [2.45, 2.75) is 4.90 Å². The van der Waals surface area contributed by atoms with E-state index in [-0.39, 0.29) is 0 Å². The Bertz CT molecular complexity index is 140. The Hall–Kier alpha value is -0.570. The Labute approximate surface area is 47.0 Å². The molecule has 35 valence electrons. The van der Waals surface area contributed by atoms with Crippen molar-refractivity contribution in [1.82, 2.24) is 9.97 Å². The second-order valence-electron chi connectivity index (χ2n) is 1.04. The Morgan fingerprint density at radius 3 is 2.29 bits per heavy atom. The summed E-state index contributed by atoms with van der Waals surface area (Å²) in [5.74, 6) is 0. The summed E-state index contributed by atoms with van der Waals surface area (Å²) in [6.45, 7) is 0. The predicted octanol–water partition coefficient (Wildman–Crippen LogP) is 0.565. The molecule has 0 fully saturated rings. The first-order chi connectivity index (χ1) is 3.39. The van der Waals surface area contributed by atoms with E-state index >= 15 is 0 Å². The van der Waals surface area contributed by atoms with Crippen molar-refractivity contribution in [2.75, 3.05) is 0 Å². The van der Waals surface area contributed by atoms with E-state index in [9.17, 15) is 0 Å². The second-order valence-corrected chi connectivity index (χ2v) is 1.56. The fraction of sp³-hybridized carbons (Fsp3) is 0. The third kappa shape index (κ3) is 1.16. The molecule has 1 rings (SSSR count). The summed E-state index contributed by atoms with van der Waals surface area (Å²) in [4.78, 5) is 7.91. The maximum absolute atomic E-state index is 3.94. The van der Waals surface area contributed by atoms with Gasteiger partial charge in [-0.2, -0.15) is 0 Å². The van der Waals surface area contributed by atoms with Crippen LogP contribution < -0.4 is 0 Å². The Balaban J connectivity index is 3.02. The molecule has 2 nitrogen and oxygen atoms in total. The molecule has 0 atom stereocenters. The third-order valence-electron chi connectivity index (χ3n) is 0.509. The lowest BCUT2D eigenvalue weighted by Gasteiger charge is -1.79. The smallest absolute Gasteiger partial charge is 0.197 e. The molecule has 0 spiro atoms. The number of hydrogen-bond donors (Lipinski definition) is 1. The second kappa shape index (κ2) is 1.93. The van der Waals surface area contributed by atoms with Crippen molar-refractivity contribution in [1.29, 1.82) is 0 Å². The summed E-state index contributed by atoms with van der Waals surface area (Å²) in [7, 11) is 0. The van der Waals surface area contributed by atoms with Gasteiger partial charge in [0, 0.05) is 17.3 Å². The molecular formula is C4H3N2S. The van der Waals surface area contributed by atoms with Crippen LogP contribution in [-0.4, -0.2) is 9.97 Å². The molecule has 1 aromatic rings. The highest BCUT2D eigenvalue weighted by Gasteiger charge is 1.76. The van der Waals surface area contributed by atoms with Crippen LogP contribution in [-0.2, 0) is 0 Å². The minimum absolute atomic E-state index is 0.763. The Morgan fingerprint density at radius 1 is 1.43 bits per heavy atom. The van der Waals surface area contributed by atoms with Crippen molar-refractivity contribution in [3.8, 4) is 0 Å². The number of aromatic nitrogens is 2. The lowest BCUT2D eigenvalue weighted by atomic mass is 10.7. The van der Waals surface area contributed by atoms with Crippen molar-refractivity contribution < 1.29 is 0 Å². The van der Waals surface area contributed by atoms with Gasteiger partial charge in [0.2, 0.25) is 0 Å². The molecule has 0 aliphatic rings. The van der Waals surface area contributed by atoms with E-state index in [0.717, 1.165) is 4.90 Å². The molecule has 0 aromatic carbocycles. The van der Waals surface area contributed by atoms with Crippen LogP contribution in [0.5, 0.6) is 0 Å². The average molecular weight is 111 g/mol. The van der Waals surface area contributed by atoms with Gasteiger partial charge in [-0.1, -0.05) is 0 Å². The monoisotopic (exact) mass is 111 g/mol. The molecule has 0 aliphatic carbocycles. The van der Waals surface area contributed by atoms with Gasteiger partial charge < -0.3 is 0 Å². The van der Waals surface area contributed by atoms with Crippen LogP contribution in [0.2, 0.25) is 0 Å². The maximum atomic E-state index is 3.94. The molecule has 0 aliphatic heterocycles. The normalized spacial score (nSPS) is 8.71. The number of thiol groups is 1. The van der Waals surface area contributed by atoms with Crippen LogP contribution in [0.4, 0.5) is 0 Å². The summed E-state index contributed by atoms with van der Waals surface area (Å²) in [6.07, 6.45) is 5.54. The van der Waals surface area contributed by atoms with Crippen molar-refractivity contribution in [3.63, 3.8) is 0 Å². The van der Waals surface area contributed by atoms with E-state index in [1.165, 1.54) is 0 Å². The van der Waals surface area contributed by atoms with Gasteiger partial charge in [-0.25, -0.2) is 9.97 Å². The molecule has 3 heteroatoms. The molecule has 1 heterocycles. The lowest BCUT2D eigenvalue weighted by Crippen LogP contribution is -1.73. The molecule has 1 aromatic heterocycles. The zero-order valence-corrected chi connectivity index (χ0v) is 4.39. The van der Waals surface area contributed by atoms with Crippen LogP contribution in [0.25, 0.3) is 0 Å². The molecule has 7 heavy (non-hydrogen) atoms. The highest BCUT2D eigenvalue weighted by Crippen LogP contribution is 1.95. The standard InChI is InChI=1S/C4H3N2S/c7-4-1-5-3-6-2-4/h1-2,7H. The molecule has 0 amide bonds. The molecular weight excluding hydrogens is 108 g/mol. The molecule has 1 radical (unpaired) electrons. The fourth-order valence-corrected chi connectivity index (χ4v) is 0.372. The summed E-state index contributed by atoms with van der Waals surface area (Å²) >= 11 is 3.94. The predicted molar refractivity (Wildman–Crippen MR) is 28.1 cm³/mol. The van der Waals surface area contributed by atoms with E-state index in [1.54, 1.807) is 12.4 Å². The van der Waals surface area contributed by atoms with Crippen LogP contribution in [0.1, 0.15) is 0 Å². The van der Waals surface area contributed by atoms with E-state index in [4.69, 9.17) is 0 Å². The summed E-state index contributed by atoms with van der Waals surface area (Å²) in [6, 6.07) is 0. The van der Waals surface area contributed by atoms with Crippen LogP contribution in [0, 0.1) is 6.33 Å². The number of nitrogens with zero attached hydrogens (tertiary/aromatic N) is 2. The van der Waals surface area contributed by atoms with Gasteiger partial charge >= 0.3 is 0 Å². The highest BCUT2D eigenvalue weighted by molar-refractivity contribution is 7.80. The first kappa shape index (κ1) is 4.59. The van der Waals surface area contributed by atoms with Crippen LogP contribution >= 0.6 is 12.6 Å². The largest absolute Gasteiger partial charge is 0.233 e. The Morgan fingerprint density at radius 2 is 2.00 bits per heavy atom. The minimum atomic E-state index is 0.763. The first-order valence-electron chi connectivity index (χ1n) is 1.76. The van der Waals surface area contributed by atoms with Gasteiger partial charge in [0.25, 0.3) is 0 Å². The molecule has 0 unspecified atom stereocenters. The Kier molecular flexibility index (Phi) is 1.26. The van der Waals surface area contributed by atoms with Gasteiger partial charge in [0.05, 0.1) is 0 Å². The SMILES string of the molecule is Sc1cn[c]nc1. The summed E-state index contributed by atoms with van der Waals surface area (Å²) in [5.41, 5.74) is 0. The van der Waals surface area contributed by atoms with E-state index < -0.39 is 0 Å². The van der Waals surface area contributed by atoms with Crippen molar-refractivity contribution in [3.05, 3.63) is 18.7 Å². The van der Waals surface area contributed by atoms with Gasteiger partial charge in [-0.3, -0.25) is 0 Å². The first-order valence-corrected chi connectivity index (χ1v) is 2.21. The average Bonchev–Trinajstić information content (AvgIpc) is 1.69. The third-order valence-corrected chi connectivity index (χ3v) is 0.740. The topological polar surface area (TPSA) is 25.8 Å². The zero-order valence-electron chi connectivity index (χ0n) is 3.50. The fourth-order valence-electron chi connectivity index (χ4n) is 0.257. The lowest BCUT2D eigenvalue weighted by molar-refractivity contribution is 1.09. The minimum Gasteiger partial charge on any atom is -0.233 e. The summed E-state index contributed by atoms with van der Waals surface area (Å²) < 4.78 is 0. The van der Waals surface area contributed by atoms with Crippen molar-refractivity contribution in [2.24, 2.45) is 0 Å². The van der Waals surface area contributed by atoms with Gasteiger partial charge in [0.15, 0.2) is 6.33 Å². The number of rotatable bonds is 0. The van der Waals surface area contributed by atoms with Crippen molar-refractivity contribution >= 4 is 12.6 Å². The molecule has 0 N–H and O–H groups in total. The van der Waals surface area contributed by atoms with E-state index in [1.807, 2.05) is 0 Å².